The van der Waals surface area contributed by atoms with Crippen LogP contribution >= 0.6 is 0 Å². The van der Waals surface area contributed by atoms with E-state index in [9.17, 15) is 8.42 Å². The molecule has 0 aliphatic heterocycles. The summed E-state index contributed by atoms with van der Waals surface area (Å²) < 4.78 is 26.5. The molecule has 0 spiro atoms. The Balaban J connectivity index is 3.06. The molecule has 13 heavy (non-hydrogen) atoms. The van der Waals surface area contributed by atoms with Gasteiger partial charge in [0, 0.05) is 7.11 Å². The number of methoxy groups -OCH3 is 1. The van der Waals surface area contributed by atoms with E-state index in [1.165, 1.54) is 7.11 Å². The van der Waals surface area contributed by atoms with Crippen LogP contribution in [0.4, 0.5) is 0 Å². The second-order valence-electron chi connectivity index (χ2n) is 2.52. The zero-order valence-electron chi connectivity index (χ0n) is 7.10. The number of nitrogens with one attached hydrogen (secondary N) is 1. The highest BCUT2D eigenvalue weighted by atomic mass is 32.2. The van der Waals surface area contributed by atoms with Gasteiger partial charge in [-0.2, -0.15) is 0 Å². The van der Waals surface area contributed by atoms with Crippen LogP contribution in [0.1, 0.15) is 11.0 Å². The SMILES string of the molecule is COC(c1ccccc1)S([NH])(=O)=O. The van der Waals surface area contributed by atoms with Gasteiger partial charge in [0.15, 0.2) is 5.44 Å². The molecule has 5 heteroatoms. The van der Waals surface area contributed by atoms with Crippen molar-refractivity contribution in [3.05, 3.63) is 35.9 Å². The fourth-order valence-electron chi connectivity index (χ4n) is 1.05. The molecule has 0 fully saturated rings. The largest absolute Gasteiger partial charge is 0.359 e. The van der Waals surface area contributed by atoms with Crippen LogP contribution in [-0.2, 0) is 14.8 Å². The van der Waals surface area contributed by atoms with Gasteiger partial charge in [-0.15, -0.1) is 5.14 Å². The predicted octanol–water partition coefficient (Wildman–Crippen LogP) is 0.944. The van der Waals surface area contributed by atoms with E-state index in [2.05, 4.69) is 0 Å². The third-order valence-corrected chi connectivity index (χ3v) is 2.60. The lowest BCUT2D eigenvalue weighted by Gasteiger charge is -2.11. The van der Waals surface area contributed by atoms with Crippen molar-refractivity contribution in [3.63, 3.8) is 0 Å². The van der Waals surface area contributed by atoms with Gasteiger partial charge < -0.3 is 4.74 Å². The topological polar surface area (TPSA) is 67.2 Å². The van der Waals surface area contributed by atoms with Crippen molar-refractivity contribution in [2.24, 2.45) is 0 Å². The Hall–Kier alpha value is -0.910. The van der Waals surface area contributed by atoms with Gasteiger partial charge in [-0.1, -0.05) is 30.3 Å². The monoisotopic (exact) mass is 200 g/mol. The zero-order chi connectivity index (χ0) is 9.90. The molecule has 1 rings (SSSR count). The molecule has 0 amide bonds. The van der Waals surface area contributed by atoms with Crippen molar-refractivity contribution >= 4 is 10.0 Å². The van der Waals surface area contributed by atoms with Gasteiger partial charge in [0.05, 0.1) is 0 Å². The molecule has 0 saturated heterocycles. The van der Waals surface area contributed by atoms with Crippen molar-refractivity contribution in [2.75, 3.05) is 7.11 Å². The highest BCUT2D eigenvalue weighted by Crippen LogP contribution is 2.20. The first-order valence-electron chi connectivity index (χ1n) is 3.62. The van der Waals surface area contributed by atoms with Crippen molar-refractivity contribution in [3.8, 4) is 0 Å². The molecule has 0 bridgehead atoms. The summed E-state index contributed by atoms with van der Waals surface area (Å²) in [6.07, 6.45) is 0. The summed E-state index contributed by atoms with van der Waals surface area (Å²) >= 11 is 0. The molecular formula is C8H10NO3S. The van der Waals surface area contributed by atoms with E-state index in [1.54, 1.807) is 30.3 Å². The molecule has 1 aromatic carbocycles. The number of hydrogen-bond donors (Lipinski definition) is 0. The molecule has 0 heterocycles. The molecule has 1 aromatic rings. The standard InChI is InChI=1S/C8H10NO3S/c1-12-8(13(9,10)11)7-5-3-2-4-6-7/h2-6,8-9H,1H3. The fourth-order valence-corrected chi connectivity index (χ4v) is 1.82. The van der Waals surface area contributed by atoms with Crippen molar-refractivity contribution in [2.45, 2.75) is 5.44 Å². The summed E-state index contributed by atoms with van der Waals surface area (Å²) in [5, 5.41) is 6.87. The lowest BCUT2D eigenvalue weighted by atomic mass is 10.2. The Bertz CT molecular complexity index is 360. The molecule has 0 aromatic heterocycles. The molecule has 1 radical (unpaired) electrons. The Morgan fingerprint density at radius 1 is 1.31 bits per heavy atom. The number of hydrogen-bond acceptors (Lipinski definition) is 3. The van der Waals surface area contributed by atoms with Crippen LogP contribution in [0.5, 0.6) is 0 Å². The molecule has 0 aliphatic carbocycles. The average molecular weight is 200 g/mol. The Morgan fingerprint density at radius 3 is 2.23 bits per heavy atom. The summed E-state index contributed by atoms with van der Waals surface area (Å²) in [5.74, 6) is 0. The molecule has 1 unspecified atom stereocenters. The van der Waals surface area contributed by atoms with Gasteiger partial charge in [-0.25, -0.2) is 8.42 Å². The van der Waals surface area contributed by atoms with E-state index in [0.717, 1.165) is 0 Å². The van der Waals surface area contributed by atoms with Crippen molar-refractivity contribution in [1.29, 1.82) is 0 Å². The minimum Gasteiger partial charge on any atom is -0.359 e. The first kappa shape index (κ1) is 10.2. The van der Waals surface area contributed by atoms with E-state index in [-0.39, 0.29) is 0 Å². The fraction of sp³-hybridized carbons (Fsp3) is 0.250. The number of sulfonamides is 1. The maximum atomic E-state index is 10.9. The van der Waals surface area contributed by atoms with Gasteiger partial charge in [0.2, 0.25) is 0 Å². The lowest BCUT2D eigenvalue weighted by molar-refractivity contribution is 0.165. The van der Waals surface area contributed by atoms with Crippen LogP contribution in [0.15, 0.2) is 30.3 Å². The molecule has 71 valence electrons. The van der Waals surface area contributed by atoms with E-state index in [4.69, 9.17) is 9.88 Å². The summed E-state index contributed by atoms with van der Waals surface area (Å²) in [5.41, 5.74) is -0.714. The smallest absolute Gasteiger partial charge is 0.256 e. The van der Waals surface area contributed by atoms with Crippen LogP contribution in [0.2, 0.25) is 0 Å². The van der Waals surface area contributed by atoms with E-state index < -0.39 is 15.5 Å². The third kappa shape index (κ3) is 2.51. The molecular weight excluding hydrogens is 190 g/mol. The number of rotatable bonds is 3. The van der Waals surface area contributed by atoms with E-state index in [0.29, 0.717) is 5.56 Å². The van der Waals surface area contributed by atoms with Gasteiger partial charge in [0.25, 0.3) is 10.0 Å². The van der Waals surface area contributed by atoms with Crippen LogP contribution in [0.3, 0.4) is 0 Å². The Kier molecular flexibility index (Phi) is 3.02. The highest BCUT2D eigenvalue weighted by Gasteiger charge is 2.22. The Labute approximate surface area is 77.4 Å². The van der Waals surface area contributed by atoms with Crippen LogP contribution in [0.25, 0.3) is 0 Å². The van der Waals surface area contributed by atoms with Crippen LogP contribution in [-0.4, -0.2) is 15.5 Å². The van der Waals surface area contributed by atoms with E-state index >= 15 is 0 Å². The van der Waals surface area contributed by atoms with Gasteiger partial charge in [-0.05, 0) is 5.56 Å². The second-order valence-corrected chi connectivity index (χ2v) is 4.04. The first-order valence-corrected chi connectivity index (χ1v) is 5.16. The summed E-state index contributed by atoms with van der Waals surface area (Å²) in [4.78, 5) is 0. The minimum atomic E-state index is -3.94. The highest BCUT2D eigenvalue weighted by molar-refractivity contribution is 7.88. The zero-order valence-corrected chi connectivity index (χ0v) is 7.91. The van der Waals surface area contributed by atoms with Crippen molar-refractivity contribution in [1.82, 2.24) is 5.14 Å². The normalized spacial score (nSPS) is 14.0. The summed E-state index contributed by atoms with van der Waals surface area (Å²) in [6, 6.07) is 8.40. The molecule has 0 saturated carbocycles. The van der Waals surface area contributed by atoms with Crippen molar-refractivity contribution < 1.29 is 13.2 Å². The Morgan fingerprint density at radius 2 is 1.85 bits per heavy atom. The first-order chi connectivity index (χ1) is 6.05. The lowest BCUT2D eigenvalue weighted by Crippen LogP contribution is -2.15. The molecule has 1 atom stereocenters. The molecule has 0 aliphatic rings. The van der Waals surface area contributed by atoms with Crippen LogP contribution < -0.4 is 5.14 Å². The third-order valence-electron chi connectivity index (χ3n) is 1.57. The molecule has 1 N–H and O–H groups in total. The van der Waals surface area contributed by atoms with Gasteiger partial charge >= 0.3 is 0 Å². The van der Waals surface area contributed by atoms with Crippen LogP contribution in [0, 0.1) is 0 Å². The summed E-state index contributed by atoms with van der Waals surface area (Å²) in [7, 11) is -2.67. The van der Waals surface area contributed by atoms with Gasteiger partial charge in [-0.3, -0.25) is 0 Å². The summed E-state index contributed by atoms with van der Waals surface area (Å²) in [6.45, 7) is 0. The quantitative estimate of drug-likeness (QED) is 0.729. The number of benzene rings is 1. The maximum Gasteiger partial charge on any atom is 0.256 e. The van der Waals surface area contributed by atoms with Gasteiger partial charge in [0.1, 0.15) is 0 Å². The second kappa shape index (κ2) is 3.87. The minimum absolute atomic E-state index is 0.472. The number of ether oxygens (including phenoxy) is 1. The average Bonchev–Trinajstić information content (AvgIpc) is 2.05. The predicted molar refractivity (Wildman–Crippen MR) is 48.2 cm³/mol. The molecule has 4 nitrogen and oxygen atoms in total. The van der Waals surface area contributed by atoms with E-state index in [1.807, 2.05) is 0 Å². The maximum absolute atomic E-state index is 10.9.